The monoisotopic (exact) mass is 675 g/mol. The number of hydrogen-bond acceptors (Lipinski definition) is 3. The third-order valence-corrected chi connectivity index (χ3v) is 6.65. The van der Waals surface area contributed by atoms with Gasteiger partial charge in [-0.2, -0.15) is 39.5 Å². The molecule has 1 aliphatic rings. The highest BCUT2D eigenvalue weighted by Gasteiger charge is 2.43. The summed E-state index contributed by atoms with van der Waals surface area (Å²) in [5, 5.41) is -1.85. The van der Waals surface area contributed by atoms with Gasteiger partial charge in [-0.15, -0.1) is 0 Å². The number of nitrogens with zero attached hydrogens (tertiary/aromatic N) is 1. The molecule has 1 aliphatic heterocycles. The van der Waals surface area contributed by atoms with Gasteiger partial charge in [0.2, 0.25) is 0 Å². The molecule has 236 valence electrons. The lowest BCUT2D eigenvalue weighted by Gasteiger charge is -2.20. The van der Waals surface area contributed by atoms with Gasteiger partial charge < -0.3 is 0 Å². The van der Waals surface area contributed by atoms with Crippen LogP contribution in [0.3, 0.4) is 0 Å². The van der Waals surface area contributed by atoms with Crippen LogP contribution in [-0.4, -0.2) is 42.3 Å². The summed E-state index contributed by atoms with van der Waals surface area (Å²) in [6.07, 6.45) is -20.0. The van der Waals surface area contributed by atoms with Gasteiger partial charge >= 0.3 is 18.5 Å². The second kappa shape index (κ2) is 12.6. The first-order valence-electron chi connectivity index (χ1n) is 11.6. The molecular formula is C25H15Cl2F12NO3. The van der Waals surface area contributed by atoms with E-state index in [1.807, 2.05) is 0 Å². The quantitative estimate of drug-likeness (QED) is 0.207. The van der Waals surface area contributed by atoms with Gasteiger partial charge in [0.05, 0.1) is 33.7 Å². The number of allylic oxidation sites excluding steroid dienone is 1. The number of amides is 1. The zero-order valence-corrected chi connectivity index (χ0v) is 22.3. The number of alkyl halides is 11. The number of Topliss-reactive ketones (excluding diaryl/α,β-unsaturated/α-hetero) is 1. The van der Waals surface area contributed by atoms with Crippen molar-refractivity contribution >= 4 is 40.7 Å². The summed E-state index contributed by atoms with van der Waals surface area (Å²) in [5.41, 5.74) is -5.93. The van der Waals surface area contributed by atoms with Crippen molar-refractivity contribution in [1.29, 1.82) is 0 Å². The van der Waals surface area contributed by atoms with Crippen molar-refractivity contribution in [2.75, 3.05) is 13.2 Å². The van der Waals surface area contributed by atoms with E-state index >= 15 is 4.39 Å². The Hall–Kier alpha value is -2.98. The van der Waals surface area contributed by atoms with Crippen LogP contribution < -0.4 is 0 Å². The van der Waals surface area contributed by atoms with Crippen LogP contribution in [0.5, 0.6) is 0 Å². The normalized spacial score (nSPS) is 17.7. The van der Waals surface area contributed by atoms with Crippen LogP contribution in [0.25, 0.3) is 5.83 Å². The van der Waals surface area contributed by atoms with Gasteiger partial charge in [0.25, 0.3) is 12.3 Å². The van der Waals surface area contributed by atoms with E-state index in [0.717, 1.165) is 0 Å². The van der Waals surface area contributed by atoms with E-state index in [0.29, 0.717) is 24.3 Å². The van der Waals surface area contributed by atoms with E-state index < -0.39 is 112 Å². The molecule has 0 radical (unpaired) electrons. The fourth-order valence-electron chi connectivity index (χ4n) is 4.07. The number of hydrogen-bond donors (Lipinski definition) is 0. The molecule has 1 amide bonds. The Labute approximate surface area is 243 Å². The van der Waals surface area contributed by atoms with Gasteiger partial charge in [0.1, 0.15) is 18.3 Å². The van der Waals surface area contributed by atoms with Crippen molar-refractivity contribution in [1.82, 2.24) is 5.06 Å². The molecule has 0 N–H and O–H groups in total. The molecule has 0 aromatic heterocycles. The van der Waals surface area contributed by atoms with Crippen molar-refractivity contribution < 1.29 is 67.1 Å². The first kappa shape index (κ1) is 34.5. The molecule has 1 fully saturated rings. The maximum Gasteiger partial charge on any atom is 0.417 e. The average Bonchev–Trinajstić information content (AvgIpc) is 3.17. The number of carbonyl (C=O) groups is 2. The van der Waals surface area contributed by atoms with Gasteiger partial charge in [0.15, 0.2) is 5.78 Å². The van der Waals surface area contributed by atoms with E-state index in [-0.39, 0.29) is 17.2 Å². The summed E-state index contributed by atoms with van der Waals surface area (Å²) in [6, 6.07) is 1.88. The van der Waals surface area contributed by atoms with E-state index in [4.69, 9.17) is 23.2 Å². The maximum absolute atomic E-state index is 15.0. The average molecular weight is 676 g/mol. The minimum Gasteiger partial charge on any atom is -0.294 e. The Morgan fingerprint density at radius 1 is 1.00 bits per heavy atom. The van der Waals surface area contributed by atoms with Crippen LogP contribution in [0.2, 0.25) is 10.0 Å². The summed E-state index contributed by atoms with van der Waals surface area (Å²) in [5.74, 6) is -9.06. The number of rotatable bonds is 8. The lowest BCUT2D eigenvalue weighted by atomic mass is 9.92. The van der Waals surface area contributed by atoms with Crippen LogP contribution in [0.15, 0.2) is 36.4 Å². The van der Waals surface area contributed by atoms with E-state index in [9.17, 15) is 57.9 Å². The molecule has 1 unspecified atom stereocenters. The zero-order valence-electron chi connectivity index (χ0n) is 20.8. The fraction of sp³-hybridized carbons (Fsp3) is 0.360. The lowest BCUT2D eigenvalue weighted by Crippen LogP contribution is -2.35. The minimum absolute atomic E-state index is 0.0231. The Morgan fingerprint density at radius 2 is 1.58 bits per heavy atom. The maximum atomic E-state index is 15.0. The van der Waals surface area contributed by atoms with Crippen LogP contribution >= 0.6 is 23.2 Å². The van der Waals surface area contributed by atoms with Crippen molar-refractivity contribution in [3.8, 4) is 0 Å². The predicted molar refractivity (Wildman–Crippen MR) is 127 cm³/mol. The molecule has 0 spiro atoms. The first-order chi connectivity index (χ1) is 19.6. The zero-order chi connectivity index (χ0) is 32.7. The van der Waals surface area contributed by atoms with Crippen molar-refractivity contribution in [3.63, 3.8) is 0 Å². The van der Waals surface area contributed by atoms with Gasteiger partial charge in [-0.25, -0.2) is 18.2 Å². The lowest BCUT2D eigenvalue weighted by molar-refractivity contribution is -0.214. The fourth-order valence-corrected chi connectivity index (χ4v) is 4.74. The molecule has 0 aliphatic carbocycles. The van der Waals surface area contributed by atoms with Gasteiger partial charge in [-0.1, -0.05) is 35.3 Å². The highest BCUT2D eigenvalue weighted by Crippen LogP contribution is 2.43. The molecule has 0 saturated carbocycles. The Balaban J connectivity index is 1.96. The predicted octanol–water partition coefficient (Wildman–Crippen LogP) is 9.13. The van der Waals surface area contributed by atoms with Crippen molar-refractivity contribution in [3.05, 3.63) is 74.3 Å². The smallest absolute Gasteiger partial charge is 0.294 e. The molecule has 18 heteroatoms. The molecular weight excluding hydrogens is 661 g/mol. The van der Waals surface area contributed by atoms with Crippen LogP contribution in [0.4, 0.5) is 52.7 Å². The molecule has 4 nitrogen and oxygen atoms in total. The standard InChI is InChI=1S/C25H15Cl2F12NO3/c26-16-4-11(5-17(27)20(16)21(29)30)14(24(34,35)36)7-18(28)10-1-2-13(15(3-10)25(37,38)39)19(41)6-12-8-43-40(22(12)42)9-23(31,32)33/h1-5,7,12,14,21H,6,8-9H2/b18-7-/t12-,14?/m1/s1. The van der Waals surface area contributed by atoms with E-state index in [1.54, 1.807) is 0 Å². The minimum atomic E-state index is -5.38. The Morgan fingerprint density at radius 3 is 2.07 bits per heavy atom. The van der Waals surface area contributed by atoms with Gasteiger partial charge in [0, 0.05) is 17.5 Å². The molecule has 2 aromatic rings. The van der Waals surface area contributed by atoms with Crippen molar-refractivity contribution in [2.45, 2.75) is 37.3 Å². The van der Waals surface area contributed by atoms with E-state index in [2.05, 4.69) is 4.84 Å². The summed E-state index contributed by atoms with van der Waals surface area (Å²) < 4.78 is 162. The molecule has 1 heterocycles. The summed E-state index contributed by atoms with van der Waals surface area (Å²) in [6.45, 7) is -2.58. The Kier molecular flexibility index (Phi) is 10.1. The van der Waals surface area contributed by atoms with E-state index in [1.165, 1.54) is 0 Å². The molecule has 3 rings (SSSR count). The first-order valence-corrected chi connectivity index (χ1v) is 12.3. The third kappa shape index (κ3) is 8.35. The summed E-state index contributed by atoms with van der Waals surface area (Å²) in [7, 11) is 0. The Bertz CT molecular complexity index is 1400. The highest BCUT2D eigenvalue weighted by molar-refractivity contribution is 6.36. The summed E-state index contributed by atoms with van der Waals surface area (Å²) >= 11 is 11.2. The SMILES string of the molecule is O=C(C[C@@H]1CON(CC(F)(F)F)C1=O)c1ccc(/C(F)=C/C(c2cc(Cl)c(C(F)F)c(Cl)c2)C(F)(F)F)cc1C(F)(F)F. The largest absolute Gasteiger partial charge is 0.417 e. The van der Waals surface area contributed by atoms with Crippen molar-refractivity contribution in [2.24, 2.45) is 5.92 Å². The molecule has 2 aromatic carbocycles. The number of carbonyl (C=O) groups excluding carboxylic acids is 2. The van der Waals surface area contributed by atoms with Gasteiger partial charge in [-0.05, 0) is 29.8 Å². The van der Waals surface area contributed by atoms with Crippen LogP contribution in [-0.2, 0) is 15.8 Å². The molecule has 1 saturated heterocycles. The molecule has 0 bridgehead atoms. The van der Waals surface area contributed by atoms with Gasteiger partial charge in [-0.3, -0.25) is 14.4 Å². The number of hydroxylamine groups is 2. The third-order valence-electron chi connectivity index (χ3n) is 6.03. The van der Waals surface area contributed by atoms with Crippen LogP contribution in [0.1, 0.15) is 51.4 Å². The number of ketones is 1. The molecule has 2 atom stereocenters. The number of benzene rings is 2. The highest BCUT2D eigenvalue weighted by atomic mass is 35.5. The topological polar surface area (TPSA) is 46.6 Å². The molecule has 43 heavy (non-hydrogen) atoms. The second-order valence-electron chi connectivity index (χ2n) is 9.10. The second-order valence-corrected chi connectivity index (χ2v) is 9.92. The van der Waals surface area contributed by atoms with Crippen LogP contribution in [0, 0.1) is 5.92 Å². The summed E-state index contributed by atoms with van der Waals surface area (Å²) in [4.78, 5) is 29.3. The number of halogens is 14.